The summed E-state index contributed by atoms with van der Waals surface area (Å²) in [5.74, 6) is 0.00405. The van der Waals surface area contributed by atoms with Crippen molar-refractivity contribution in [2.75, 3.05) is 0 Å². The molecule has 1 aromatic carbocycles. The van der Waals surface area contributed by atoms with Crippen molar-refractivity contribution in [3.8, 4) is 0 Å². The van der Waals surface area contributed by atoms with E-state index in [0.29, 0.717) is 6.54 Å². The lowest BCUT2D eigenvalue weighted by atomic mass is 9.96. The first kappa shape index (κ1) is 14.1. The van der Waals surface area contributed by atoms with Gasteiger partial charge in [0.25, 0.3) is 0 Å². The molecule has 3 heteroatoms. The molecule has 1 amide bonds. The van der Waals surface area contributed by atoms with Crippen molar-refractivity contribution in [2.45, 2.75) is 58.5 Å². The molecule has 1 fully saturated rings. The van der Waals surface area contributed by atoms with Crippen LogP contribution in [0.1, 0.15) is 47.9 Å². The van der Waals surface area contributed by atoms with E-state index in [1.807, 2.05) is 0 Å². The Balaban J connectivity index is 2.05. The standard InChI is InChI=1S/C16H24N2O/c1-11-8-12(2)14(13(3)9-11)10-18-15(19)16(17)6-4-5-7-16/h8-9H,4-7,10,17H2,1-3H3,(H,18,19). The Hall–Kier alpha value is -1.35. The van der Waals surface area contributed by atoms with Gasteiger partial charge in [0.15, 0.2) is 0 Å². The van der Waals surface area contributed by atoms with Gasteiger partial charge in [0.05, 0.1) is 5.54 Å². The molecule has 0 heterocycles. The highest BCUT2D eigenvalue weighted by Gasteiger charge is 2.36. The quantitative estimate of drug-likeness (QED) is 0.877. The number of rotatable bonds is 3. The minimum absolute atomic E-state index is 0.00405. The van der Waals surface area contributed by atoms with Crippen LogP contribution >= 0.6 is 0 Å². The van der Waals surface area contributed by atoms with Crippen molar-refractivity contribution in [1.82, 2.24) is 5.32 Å². The molecule has 0 spiro atoms. The van der Waals surface area contributed by atoms with Crippen LogP contribution in [0.4, 0.5) is 0 Å². The molecular formula is C16H24N2O. The second-order valence-corrected chi connectivity index (χ2v) is 5.92. The molecule has 0 bridgehead atoms. The summed E-state index contributed by atoms with van der Waals surface area (Å²) in [6, 6.07) is 4.31. The monoisotopic (exact) mass is 260 g/mol. The van der Waals surface area contributed by atoms with Gasteiger partial charge in [-0.15, -0.1) is 0 Å². The Morgan fingerprint density at radius 1 is 1.21 bits per heavy atom. The summed E-state index contributed by atoms with van der Waals surface area (Å²) in [6.45, 7) is 6.86. The van der Waals surface area contributed by atoms with Crippen molar-refractivity contribution >= 4 is 5.91 Å². The van der Waals surface area contributed by atoms with E-state index >= 15 is 0 Å². The minimum Gasteiger partial charge on any atom is -0.350 e. The maximum Gasteiger partial charge on any atom is 0.240 e. The second kappa shape index (κ2) is 5.33. The highest BCUT2D eigenvalue weighted by atomic mass is 16.2. The first-order valence-corrected chi connectivity index (χ1v) is 7.06. The number of carbonyl (C=O) groups is 1. The summed E-state index contributed by atoms with van der Waals surface area (Å²) in [7, 11) is 0. The number of nitrogens with two attached hydrogens (primary N) is 1. The Morgan fingerprint density at radius 3 is 2.26 bits per heavy atom. The number of hydrogen-bond donors (Lipinski definition) is 2. The van der Waals surface area contributed by atoms with E-state index in [1.165, 1.54) is 22.3 Å². The Kier molecular flexibility index (Phi) is 3.95. The molecular weight excluding hydrogens is 236 g/mol. The van der Waals surface area contributed by atoms with Crippen molar-refractivity contribution in [3.05, 3.63) is 34.4 Å². The fourth-order valence-corrected chi connectivity index (χ4v) is 3.07. The summed E-state index contributed by atoms with van der Waals surface area (Å²) < 4.78 is 0. The minimum atomic E-state index is -0.632. The predicted molar refractivity (Wildman–Crippen MR) is 77.9 cm³/mol. The largest absolute Gasteiger partial charge is 0.350 e. The van der Waals surface area contributed by atoms with Crippen LogP contribution < -0.4 is 11.1 Å². The molecule has 1 aliphatic carbocycles. The van der Waals surface area contributed by atoms with Crippen LogP contribution in [0.15, 0.2) is 12.1 Å². The molecule has 1 aromatic rings. The molecule has 0 unspecified atom stereocenters. The molecule has 0 radical (unpaired) electrons. The van der Waals surface area contributed by atoms with Crippen LogP contribution in [0.2, 0.25) is 0 Å². The van der Waals surface area contributed by atoms with Gasteiger partial charge in [-0.2, -0.15) is 0 Å². The molecule has 3 nitrogen and oxygen atoms in total. The van der Waals surface area contributed by atoms with E-state index in [-0.39, 0.29) is 5.91 Å². The van der Waals surface area contributed by atoms with E-state index in [9.17, 15) is 4.79 Å². The third kappa shape index (κ3) is 2.98. The van der Waals surface area contributed by atoms with Crippen molar-refractivity contribution in [3.63, 3.8) is 0 Å². The highest BCUT2D eigenvalue weighted by Crippen LogP contribution is 2.27. The topological polar surface area (TPSA) is 55.1 Å². The summed E-state index contributed by atoms with van der Waals surface area (Å²) in [4.78, 5) is 12.2. The van der Waals surface area contributed by atoms with E-state index in [2.05, 4.69) is 38.2 Å². The molecule has 0 saturated heterocycles. The SMILES string of the molecule is Cc1cc(C)c(CNC(=O)C2(N)CCCC2)c(C)c1. The molecule has 0 aliphatic heterocycles. The zero-order chi connectivity index (χ0) is 14.0. The molecule has 2 rings (SSSR count). The normalized spacial score (nSPS) is 17.5. The summed E-state index contributed by atoms with van der Waals surface area (Å²) in [5.41, 5.74) is 10.5. The lowest BCUT2D eigenvalue weighted by Crippen LogP contribution is -2.51. The number of amides is 1. The van der Waals surface area contributed by atoms with E-state index in [4.69, 9.17) is 5.73 Å². The number of nitrogens with one attached hydrogen (secondary N) is 1. The maximum atomic E-state index is 12.2. The van der Waals surface area contributed by atoms with Crippen LogP contribution in [-0.2, 0) is 11.3 Å². The lowest BCUT2D eigenvalue weighted by Gasteiger charge is -2.23. The molecule has 0 atom stereocenters. The van der Waals surface area contributed by atoms with Crippen LogP contribution in [0, 0.1) is 20.8 Å². The zero-order valence-electron chi connectivity index (χ0n) is 12.2. The fraction of sp³-hybridized carbons (Fsp3) is 0.562. The third-order valence-electron chi connectivity index (χ3n) is 4.21. The molecule has 3 N–H and O–H groups in total. The predicted octanol–water partition coefficient (Wildman–Crippen LogP) is 2.50. The third-order valence-corrected chi connectivity index (χ3v) is 4.21. The summed E-state index contributed by atoms with van der Waals surface area (Å²) in [6.07, 6.45) is 3.74. The lowest BCUT2D eigenvalue weighted by molar-refractivity contribution is -0.126. The average molecular weight is 260 g/mol. The fourth-order valence-electron chi connectivity index (χ4n) is 3.07. The van der Waals surface area contributed by atoms with Gasteiger partial charge in [-0.25, -0.2) is 0 Å². The maximum absolute atomic E-state index is 12.2. The molecule has 0 aromatic heterocycles. The van der Waals surface area contributed by atoms with Gasteiger partial charge in [-0.05, 0) is 50.3 Å². The second-order valence-electron chi connectivity index (χ2n) is 5.92. The van der Waals surface area contributed by atoms with Gasteiger partial charge >= 0.3 is 0 Å². The van der Waals surface area contributed by atoms with Gasteiger partial charge in [0.1, 0.15) is 0 Å². The van der Waals surface area contributed by atoms with Crippen molar-refractivity contribution in [1.29, 1.82) is 0 Å². The summed E-state index contributed by atoms with van der Waals surface area (Å²) >= 11 is 0. The number of carbonyl (C=O) groups excluding carboxylic acids is 1. The van der Waals surface area contributed by atoms with Crippen molar-refractivity contribution in [2.24, 2.45) is 5.73 Å². The first-order valence-electron chi connectivity index (χ1n) is 7.06. The molecule has 1 saturated carbocycles. The van der Waals surface area contributed by atoms with Crippen LogP contribution in [0.3, 0.4) is 0 Å². The van der Waals surface area contributed by atoms with Crippen LogP contribution in [0.5, 0.6) is 0 Å². The van der Waals surface area contributed by atoms with E-state index in [0.717, 1.165) is 25.7 Å². The highest BCUT2D eigenvalue weighted by molar-refractivity contribution is 5.86. The molecule has 104 valence electrons. The molecule has 1 aliphatic rings. The summed E-state index contributed by atoms with van der Waals surface area (Å²) in [5, 5.41) is 3.02. The van der Waals surface area contributed by atoms with E-state index < -0.39 is 5.54 Å². The number of hydrogen-bond acceptors (Lipinski definition) is 2. The van der Waals surface area contributed by atoms with Gasteiger partial charge < -0.3 is 11.1 Å². The Morgan fingerprint density at radius 2 is 1.74 bits per heavy atom. The zero-order valence-corrected chi connectivity index (χ0v) is 12.2. The van der Waals surface area contributed by atoms with Crippen LogP contribution in [-0.4, -0.2) is 11.4 Å². The smallest absolute Gasteiger partial charge is 0.240 e. The number of benzene rings is 1. The van der Waals surface area contributed by atoms with E-state index in [1.54, 1.807) is 0 Å². The number of aryl methyl sites for hydroxylation is 3. The van der Waals surface area contributed by atoms with Crippen LogP contribution in [0.25, 0.3) is 0 Å². The van der Waals surface area contributed by atoms with Gasteiger partial charge in [0, 0.05) is 6.54 Å². The molecule has 19 heavy (non-hydrogen) atoms. The van der Waals surface area contributed by atoms with Gasteiger partial charge in [-0.1, -0.05) is 30.5 Å². The Bertz CT molecular complexity index is 465. The average Bonchev–Trinajstić information content (AvgIpc) is 2.75. The van der Waals surface area contributed by atoms with Gasteiger partial charge in [0.2, 0.25) is 5.91 Å². The first-order chi connectivity index (χ1) is 8.92. The van der Waals surface area contributed by atoms with Gasteiger partial charge in [-0.3, -0.25) is 4.79 Å². The Labute approximate surface area is 115 Å². The van der Waals surface area contributed by atoms with Crippen molar-refractivity contribution < 1.29 is 4.79 Å².